The fraction of sp³-hybridized carbons (Fsp3) is 0.115. The van der Waals surface area contributed by atoms with Crippen molar-refractivity contribution in [2.75, 3.05) is 12.4 Å². The Kier molecular flexibility index (Phi) is 8.32. The van der Waals surface area contributed by atoms with E-state index in [4.69, 9.17) is 17.0 Å². The molecule has 1 unspecified atom stereocenters. The van der Waals surface area contributed by atoms with Gasteiger partial charge in [0.15, 0.2) is 5.11 Å². The van der Waals surface area contributed by atoms with Crippen molar-refractivity contribution in [1.82, 2.24) is 10.6 Å². The van der Waals surface area contributed by atoms with E-state index in [1.165, 1.54) is 6.08 Å². The van der Waals surface area contributed by atoms with Gasteiger partial charge in [0, 0.05) is 22.9 Å². The Balaban J connectivity index is 1.51. The van der Waals surface area contributed by atoms with Gasteiger partial charge in [-0.1, -0.05) is 48.5 Å². The molecule has 168 valence electrons. The molecule has 0 aliphatic heterocycles. The van der Waals surface area contributed by atoms with E-state index in [0.717, 1.165) is 11.1 Å². The summed E-state index contributed by atoms with van der Waals surface area (Å²) in [7, 11) is 1.57. The number of amides is 2. The minimum absolute atomic E-state index is 0.108. The Bertz CT molecular complexity index is 1140. The summed E-state index contributed by atoms with van der Waals surface area (Å²) in [6.07, 6.45) is 3.04. The van der Waals surface area contributed by atoms with E-state index in [1.807, 2.05) is 61.5 Å². The number of rotatable bonds is 7. The zero-order chi connectivity index (χ0) is 23.6. The van der Waals surface area contributed by atoms with E-state index in [0.29, 0.717) is 17.0 Å². The average Bonchev–Trinajstić information content (AvgIpc) is 2.83. The van der Waals surface area contributed by atoms with Gasteiger partial charge < -0.3 is 15.4 Å². The molecule has 3 aromatic rings. The number of benzene rings is 3. The molecule has 0 bridgehead atoms. The number of ether oxygens (including phenoxy) is 1. The van der Waals surface area contributed by atoms with Crippen LogP contribution in [-0.4, -0.2) is 24.0 Å². The van der Waals surface area contributed by atoms with Gasteiger partial charge in [-0.15, -0.1) is 0 Å². The summed E-state index contributed by atoms with van der Waals surface area (Å²) < 4.78 is 5.26. The molecule has 0 saturated heterocycles. The molecule has 1 atom stereocenters. The summed E-state index contributed by atoms with van der Waals surface area (Å²) in [6.45, 7) is 1.94. The van der Waals surface area contributed by atoms with Gasteiger partial charge in [0.1, 0.15) is 5.75 Å². The van der Waals surface area contributed by atoms with Gasteiger partial charge in [0.25, 0.3) is 5.91 Å². The summed E-state index contributed by atoms with van der Waals surface area (Å²) in [4.78, 5) is 24.7. The molecular formula is C26H25N3O3S. The van der Waals surface area contributed by atoms with Crippen LogP contribution in [0.3, 0.4) is 0 Å². The van der Waals surface area contributed by atoms with Crippen LogP contribution in [0.5, 0.6) is 5.75 Å². The first kappa shape index (κ1) is 23.7. The van der Waals surface area contributed by atoms with Crippen molar-refractivity contribution < 1.29 is 14.3 Å². The number of hydrogen-bond donors (Lipinski definition) is 3. The molecule has 0 saturated carbocycles. The average molecular weight is 460 g/mol. The highest BCUT2D eigenvalue weighted by molar-refractivity contribution is 7.80. The predicted molar refractivity (Wildman–Crippen MR) is 135 cm³/mol. The lowest BCUT2D eigenvalue weighted by Gasteiger charge is -2.14. The zero-order valence-electron chi connectivity index (χ0n) is 18.4. The summed E-state index contributed by atoms with van der Waals surface area (Å²) in [5.74, 6) is 0.129. The Morgan fingerprint density at radius 1 is 0.939 bits per heavy atom. The van der Waals surface area contributed by atoms with Crippen molar-refractivity contribution in [1.29, 1.82) is 0 Å². The van der Waals surface area contributed by atoms with Crippen LogP contribution in [0.25, 0.3) is 6.08 Å². The molecule has 0 heterocycles. The molecule has 0 fully saturated rings. The lowest BCUT2D eigenvalue weighted by atomic mass is 10.1. The van der Waals surface area contributed by atoms with Crippen LogP contribution in [0.15, 0.2) is 84.9 Å². The monoisotopic (exact) mass is 459 g/mol. The smallest absolute Gasteiger partial charge is 0.251 e. The molecule has 3 aromatic carbocycles. The third-order valence-corrected chi connectivity index (χ3v) is 5.05. The largest absolute Gasteiger partial charge is 0.496 e. The van der Waals surface area contributed by atoms with E-state index in [2.05, 4.69) is 16.0 Å². The van der Waals surface area contributed by atoms with Crippen LogP contribution in [0.4, 0.5) is 5.69 Å². The topological polar surface area (TPSA) is 79.5 Å². The van der Waals surface area contributed by atoms with Crippen LogP contribution < -0.4 is 20.7 Å². The molecule has 7 heteroatoms. The second-order valence-electron chi connectivity index (χ2n) is 7.20. The molecule has 0 radical (unpaired) electrons. The normalized spacial score (nSPS) is 11.5. The number of hydrogen-bond acceptors (Lipinski definition) is 4. The van der Waals surface area contributed by atoms with Crippen molar-refractivity contribution in [3.05, 3.63) is 102 Å². The Morgan fingerprint density at radius 3 is 2.30 bits per heavy atom. The number of thiocarbonyl (C=S) groups is 1. The lowest BCUT2D eigenvalue weighted by Crippen LogP contribution is -2.32. The first-order chi connectivity index (χ1) is 16.0. The van der Waals surface area contributed by atoms with Crippen LogP contribution in [0.2, 0.25) is 0 Å². The molecule has 3 N–H and O–H groups in total. The highest BCUT2D eigenvalue weighted by Gasteiger charge is 2.11. The first-order valence-corrected chi connectivity index (χ1v) is 10.8. The predicted octanol–water partition coefficient (Wildman–Crippen LogP) is 4.71. The fourth-order valence-electron chi connectivity index (χ4n) is 3.10. The van der Waals surface area contributed by atoms with Gasteiger partial charge in [-0.2, -0.15) is 0 Å². The van der Waals surface area contributed by atoms with Crippen LogP contribution in [-0.2, 0) is 4.79 Å². The first-order valence-electron chi connectivity index (χ1n) is 10.3. The minimum atomic E-state index is -0.371. The SMILES string of the molecule is COc1ccccc1/C=C/C(=O)NC(=S)Nc1ccc(C(=O)NC(C)c2ccccc2)cc1. The maximum Gasteiger partial charge on any atom is 0.251 e. The lowest BCUT2D eigenvalue weighted by molar-refractivity contribution is -0.115. The van der Waals surface area contributed by atoms with Gasteiger partial charge in [0.2, 0.25) is 5.91 Å². The van der Waals surface area contributed by atoms with E-state index in [-0.39, 0.29) is 23.0 Å². The highest BCUT2D eigenvalue weighted by Crippen LogP contribution is 2.18. The van der Waals surface area contributed by atoms with Crippen molar-refractivity contribution in [2.24, 2.45) is 0 Å². The Hall–Kier alpha value is -3.97. The van der Waals surface area contributed by atoms with Crippen molar-refractivity contribution in [2.45, 2.75) is 13.0 Å². The van der Waals surface area contributed by atoms with E-state index >= 15 is 0 Å². The molecule has 2 amide bonds. The van der Waals surface area contributed by atoms with E-state index in [1.54, 1.807) is 37.5 Å². The number of para-hydroxylation sites is 1. The van der Waals surface area contributed by atoms with Crippen molar-refractivity contribution in [3.63, 3.8) is 0 Å². The standard InChI is InChI=1S/C26H25N3O3S/c1-18(19-8-4-3-5-9-19)27-25(31)21-12-15-22(16-13-21)28-26(33)29-24(30)17-14-20-10-6-7-11-23(20)32-2/h3-18H,1-2H3,(H,27,31)(H2,28,29,30,33)/b17-14+. The Morgan fingerprint density at radius 2 is 1.61 bits per heavy atom. The maximum absolute atomic E-state index is 12.5. The van der Waals surface area contributed by atoms with E-state index < -0.39 is 0 Å². The van der Waals surface area contributed by atoms with Crippen LogP contribution >= 0.6 is 12.2 Å². The quantitative estimate of drug-likeness (QED) is 0.352. The van der Waals surface area contributed by atoms with Gasteiger partial charge >= 0.3 is 0 Å². The second kappa shape index (κ2) is 11.6. The van der Waals surface area contributed by atoms with Crippen molar-refractivity contribution in [3.8, 4) is 5.75 Å². The van der Waals surface area contributed by atoms with Crippen LogP contribution in [0.1, 0.15) is 34.5 Å². The summed E-state index contributed by atoms with van der Waals surface area (Å²) >= 11 is 5.21. The van der Waals surface area contributed by atoms with Gasteiger partial charge in [-0.3, -0.25) is 14.9 Å². The molecule has 0 aliphatic rings. The third kappa shape index (κ3) is 7.02. The zero-order valence-corrected chi connectivity index (χ0v) is 19.2. The highest BCUT2D eigenvalue weighted by atomic mass is 32.1. The summed E-state index contributed by atoms with van der Waals surface area (Å²) in [6, 6.07) is 23.9. The maximum atomic E-state index is 12.5. The van der Waals surface area contributed by atoms with Gasteiger partial charge in [-0.05, 0) is 61.1 Å². The van der Waals surface area contributed by atoms with Crippen molar-refractivity contribution >= 4 is 40.9 Å². The van der Waals surface area contributed by atoms with Gasteiger partial charge in [-0.25, -0.2) is 0 Å². The van der Waals surface area contributed by atoms with E-state index in [9.17, 15) is 9.59 Å². The molecule has 0 aliphatic carbocycles. The molecular weight excluding hydrogens is 434 g/mol. The number of anilines is 1. The third-order valence-electron chi connectivity index (χ3n) is 4.84. The summed E-state index contributed by atoms with van der Waals surface area (Å²) in [5, 5.41) is 8.66. The number of methoxy groups -OCH3 is 1. The second-order valence-corrected chi connectivity index (χ2v) is 7.61. The Labute approximate surface area is 198 Å². The molecule has 0 spiro atoms. The fourth-order valence-corrected chi connectivity index (χ4v) is 3.31. The molecule has 3 rings (SSSR count). The minimum Gasteiger partial charge on any atom is -0.496 e. The van der Waals surface area contributed by atoms with Crippen LogP contribution in [0, 0.1) is 0 Å². The number of nitrogens with one attached hydrogen (secondary N) is 3. The molecule has 6 nitrogen and oxygen atoms in total. The van der Waals surface area contributed by atoms with Gasteiger partial charge in [0.05, 0.1) is 13.2 Å². The molecule has 33 heavy (non-hydrogen) atoms. The molecule has 0 aromatic heterocycles. The number of carbonyl (C=O) groups excluding carboxylic acids is 2. The number of carbonyl (C=O) groups is 2. The summed E-state index contributed by atoms with van der Waals surface area (Å²) in [5.41, 5.74) is 2.99.